The maximum atomic E-state index is 5.54. The van der Waals surface area contributed by atoms with Crippen molar-refractivity contribution in [2.75, 3.05) is 6.61 Å². The molecule has 1 aromatic carbocycles. The molecule has 0 radical (unpaired) electrons. The molecule has 8 nitrogen and oxygen atoms in total. The predicted octanol–water partition coefficient (Wildman–Crippen LogP) is 4.36. The summed E-state index contributed by atoms with van der Waals surface area (Å²) in [6.45, 7) is 0.569. The Morgan fingerprint density at radius 1 is 0.923 bits per heavy atom. The Labute approximate surface area is 152 Å². The molecule has 3 rings (SSSR count). The molecule has 8 heteroatoms. The molecule has 0 aliphatic carbocycles. The number of nitrogens with zero attached hydrogens (tertiary/aromatic N) is 7. The van der Waals surface area contributed by atoms with Crippen LogP contribution in [0, 0.1) is 0 Å². The van der Waals surface area contributed by atoms with Gasteiger partial charge in [0.2, 0.25) is 0 Å². The Balaban J connectivity index is 1.43. The summed E-state index contributed by atoms with van der Waals surface area (Å²) in [7, 11) is 0. The molecule has 0 amide bonds. The third-order valence-electron chi connectivity index (χ3n) is 3.88. The van der Waals surface area contributed by atoms with Crippen molar-refractivity contribution >= 4 is 5.71 Å². The average Bonchev–Trinajstić information content (AvgIpc) is 3.22. The highest BCUT2D eigenvalue weighted by molar-refractivity contribution is 6.11. The zero-order valence-electron chi connectivity index (χ0n) is 14.5. The molecule has 1 aliphatic rings. The van der Waals surface area contributed by atoms with E-state index in [1.165, 1.54) is 0 Å². The van der Waals surface area contributed by atoms with Crippen LogP contribution in [0.3, 0.4) is 0 Å². The van der Waals surface area contributed by atoms with Gasteiger partial charge in [-0.15, -0.1) is 15.3 Å². The number of unbranched alkanes of at least 4 members (excludes halogenated alkanes) is 3. The highest BCUT2D eigenvalue weighted by Gasteiger charge is 2.10. The number of hydrogen-bond donors (Lipinski definition) is 0. The summed E-state index contributed by atoms with van der Waals surface area (Å²) >= 11 is 0. The molecule has 26 heavy (non-hydrogen) atoms. The molecule has 0 bridgehead atoms. The topological polar surface area (TPSA) is 96.8 Å². The number of benzene rings is 1. The van der Waals surface area contributed by atoms with Crippen LogP contribution in [0.1, 0.15) is 43.4 Å². The van der Waals surface area contributed by atoms with Crippen molar-refractivity contribution < 1.29 is 4.84 Å². The van der Waals surface area contributed by atoms with E-state index >= 15 is 0 Å². The fourth-order valence-corrected chi connectivity index (χ4v) is 2.53. The molecule has 1 aromatic heterocycles. The minimum absolute atomic E-state index is 0.0729. The predicted molar refractivity (Wildman–Crippen MR) is 96.7 cm³/mol. The SMILES string of the molecule is c1ccc(/C(=N\OCCCCCCC2N=NN=N2)c2cccnn2)cc1. The van der Waals surface area contributed by atoms with Gasteiger partial charge in [0.15, 0.2) is 6.17 Å². The molecule has 2 aromatic rings. The monoisotopic (exact) mass is 351 g/mol. The molecule has 0 saturated carbocycles. The Morgan fingerprint density at radius 2 is 1.73 bits per heavy atom. The molecule has 134 valence electrons. The van der Waals surface area contributed by atoms with Crippen LogP contribution in [0.15, 0.2) is 74.5 Å². The summed E-state index contributed by atoms with van der Waals surface area (Å²) in [5, 5.41) is 27.2. The number of aromatic nitrogens is 2. The normalized spacial score (nSPS) is 14.1. The molecule has 0 atom stereocenters. The van der Waals surface area contributed by atoms with Gasteiger partial charge in [0.05, 0.1) is 0 Å². The van der Waals surface area contributed by atoms with Crippen LogP contribution in [-0.4, -0.2) is 28.7 Å². The second-order valence-electron chi connectivity index (χ2n) is 5.84. The fraction of sp³-hybridized carbons (Fsp3) is 0.389. The maximum Gasteiger partial charge on any atom is 0.185 e. The van der Waals surface area contributed by atoms with Crippen molar-refractivity contribution in [3.63, 3.8) is 0 Å². The van der Waals surface area contributed by atoms with Gasteiger partial charge in [0, 0.05) is 11.8 Å². The molecule has 0 fully saturated rings. The zero-order chi connectivity index (χ0) is 17.9. The molecule has 2 heterocycles. The van der Waals surface area contributed by atoms with Gasteiger partial charge in [-0.3, -0.25) is 0 Å². The third-order valence-corrected chi connectivity index (χ3v) is 3.88. The standard InChI is InChI=1S/C18H21N7O/c1(6-12-17-21-24-25-22-17)2-7-14-26-23-18(15-9-4-3-5-10-15)16-11-8-13-19-20-16/h3-5,8-11,13,17H,1-2,6-7,12,14H2/b23-18+. The van der Waals surface area contributed by atoms with Gasteiger partial charge in [-0.2, -0.15) is 5.10 Å². The van der Waals surface area contributed by atoms with Crippen LogP contribution in [0.4, 0.5) is 0 Å². The summed E-state index contributed by atoms with van der Waals surface area (Å²) in [6.07, 6.45) is 6.64. The van der Waals surface area contributed by atoms with E-state index in [0.29, 0.717) is 18.0 Å². The molecule has 0 saturated heterocycles. The van der Waals surface area contributed by atoms with Gasteiger partial charge >= 0.3 is 0 Å². The Kier molecular flexibility index (Phi) is 6.89. The Bertz CT molecular complexity index is 693. The highest BCUT2D eigenvalue weighted by atomic mass is 16.6. The van der Waals surface area contributed by atoms with Gasteiger partial charge in [0.1, 0.15) is 18.0 Å². The van der Waals surface area contributed by atoms with Crippen LogP contribution in [0.2, 0.25) is 0 Å². The largest absolute Gasteiger partial charge is 0.395 e. The van der Waals surface area contributed by atoms with E-state index < -0.39 is 0 Å². The van der Waals surface area contributed by atoms with Crippen molar-refractivity contribution in [1.29, 1.82) is 0 Å². The van der Waals surface area contributed by atoms with Gasteiger partial charge in [-0.25, -0.2) is 0 Å². The second-order valence-corrected chi connectivity index (χ2v) is 5.84. The lowest BCUT2D eigenvalue weighted by Crippen LogP contribution is -2.08. The number of rotatable bonds is 10. The van der Waals surface area contributed by atoms with E-state index in [4.69, 9.17) is 4.84 Å². The number of hydrogen-bond acceptors (Lipinski definition) is 8. The van der Waals surface area contributed by atoms with Crippen molar-refractivity contribution in [1.82, 2.24) is 10.2 Å². The van der Waals surface area contributed by atoms with Crippen LogP contribution < -0.4 is 0 Å². The summed E-state index contributed by atoms with van der Waals surface area (Å²) in [6, 6.07) is 13.6. The van der Waals surface area contributed by atoms with Crippen molar-refractivity contribution in [2.45, 2.75) is 38.3 Å². The fourth-order valence-electron chi connectivity index (χ4n) is 2.53. The average molecular weight is 351 g/mol. The first kappa shape index (κ1) is 17.8. The Morgan fingerprint density at radius 3 is 2.50 bits per heavy atom. The molecular weight excluding hydrogens is 330 g/mol. The quantitative estimate of drug-likeness (QED) is 0.361. The van der Waals surface area contributed by atoms with Gasteiger partial charge < -0.3 is 4.84 Å². The number of oxime groups is 1. The maximum absolute atomic E-state index is 5.54. The summed E-state index contributed by atoms with van der Waals surface area (Å²) in [4.78, 5) is 5.54. The van der Waals surface area contributed by atoms with Gasteiger partial charge in [0.25, 0.3) is 0 Å². The van der Waals surface area contributed by atoms with Crippen molar-refractivity contribution in [3.05, 3.63) is 59.9 Å². The smallest absolute Gasteiger partial charge is 0.185 e. The lowest BCUT2D eigenvalue weighted by molar-refractivity contribution is 0.140. The molecular formula is C18H21N7O. The van der Waals surface area contributed by atoms with Crippen molar-refractivity contribution in [3.8, 4) is 0 Å². The first-order valence-electron chi connectivity index (χ1n) is 8.77. The third kappa shape index (κ3) is 5.51. The van der Waals surface area contributed by atoms with Gasteiger partial charge in [-0.05, 0) is 48.3 Å². The van der Waals surface area contributed by atoms with Crippen LogP contribution in [0.5, 0.6) is 0 Å². The molecule has 0 unspecified atom stereocenters. The lowest BCUT2D eigenvalue weighted by atomic mass is 10.1. The van der Waals surface area contributed by atoms with Crippen LogP contribution in [-0.2, 0) is 4.84 Å². The second kappa shape index (κ2) is 10.1. The van der Waals surface area contributed by atoms with E-state index in [2.05, 4.69) is 36.0 Å². The minimum atomic E-state index is -0.0729. The first-order chi connectivity index (χ1) is 12.9. The van der Waals surface area contributed by atoms with Gasteiger partial charge in [-0.1, -0.05) is 41.9 Å². The summed E-state index contributed by atoms with van der Waals surface area (Å²) in [5.74, 6) is 0. The summed E-state index contributed by atoms with van der Waals surface area (Å²) < 4.78 is 0. The first-order valence-corrected chi connectivity index (χ1v) is 8.77. The van der Waals surface area contributed by atoms with E-state index in [1.807, 2.05) is 42.5 Å². The molecule has 0 N–H and O–H groups in total. The highest BCUT2D eigenvalue weighted by Crippen LogP contribution is 2.14. The van der Waals surface area contributed by atoms with E-state index in [9.17, 15) is 0 Å². The van der Waals surface area contributed by atoms with Crippen LogP contribution in [0.25, 0.3) is 0 Å². The zero-order valence-corrected chi connectivity index (χ0v) is 14.5. The lowest BCUT2D eigenvalue weighted by Gasteiger charge is -2.06. The van der Waals surface area contributed by atoms with Crippen LogP contribution >= 0.6 is 0 Å². The van der Waals surface area contributed by atoms with E-state index in [-0.39, 0.29) is 6.17 Å². The summed E-state index contributed by atoms with van der Waals surface area (Å²) in [5.41, 5.74) is 2.34. The van der Waals surface area contributed by atoms with Crippen molar-refractivity contribution in [2.24, 2.45) is 25.8 Å². The van der Waals surface area contributed by atoms with E-state index in [1.54, 1.807) is 6.20 Å². The van der Waals surface area contributed by atoms with E-state index in [0.717, 1.165) is 37.7 Å². The molecule has 1 aliphatic heterocycles. The Hall–Kier alpha value is -3.03. The minimum Gasteiger partial charge on any atom is -0.395 e. The molecule has 0 spiro atoms.